The van der Waals surface area contributed by atoms with E-state index in [0.29, 0.717) is 5.75 Å². The normalized spacial score (nSPS) is 11.1. The van der Waals surface area contributed by atoms with Gasteiger partial charge in [-0.25, -0.2) is 4.68 Å². The molecule has 0 spiro atoms. The van der Waals surface area contributed by atoms with Crippen molar-refractivity contribution in [1.29, 1.82) is 0 Å². The Morgan fingerprint density at radius 2 is 1.90 bits per heavy atom. The molecular weight excluding hydrogens is 264 g/mol. The van der Waals surface area contributed by atoms with Gasteiger partial charge in [0.1, 0.15) is 11.4 Å². The maximum Gasteiger partial charge on any atom is 0.160 e. The third kappa shape index (κ3) is 3.20. The number of unbranched alkanes of at least 4 members (excludes halogenated alkanes) is 1. The van der Waals surface area contributed by atoms with Crippen molar-refractivity contribution in [1.82, 2.24) is 9.78 Å². The highest BCUT2D eigenvalue weighted by molar-refractivity contribution is 5.44. The molecule has 2 aromatic rings. The van der Waals surface area contributed by atoms with E-state index in [0.717, 1.165) is 42.1 Å². The first-order valence-corrected chi connectivity index (χ1v) is 7.53. The highest BCUT2D eigenvalue weighted by Gasteiger charge is 2.20. The Balaban J connectivity index is 2.45. The molecule has 0 atom stereocenters. The Morgan fingerprint density at radius 3 is 2.43 bits per heavy atom. The van der Waals surface area contributed by atoms with Crippen LogP contribution in [0.25, 0.3) is 5.69 Å². The summed E-state index contributed by atoms with van der Waals surface area (Å²) in [6.07, 6.45) is 2.93. The molecule has 4 nitrogen and oxygen atoms in total. The molecule has 114 valence electrons. The van der Waals surface area contributed by atoms with Crippen LogP contribution >= 0.6 is 0 Å². The minimum Gasteiger partial charge on any atom is -0.504 e. The van der Waals surface area contributed by atoms with Gasteiger partial charge < -0.3 is 9.84 Å². The molecule has 1 aromatic carbocycles. The minimum absolute atomic E-state index is 0.204. The summed E-state index contributed by atoms with van der Waals surface area (Å²) in [5.74, 6) is 1.36. The Labute approximate surface area is 126 Å². The quantitative estimate of drug-likeness (QED) is 0.872. The van der Waals surface area contributed by atoms with Crippen LogP contribution in [0, 0.1) is 0 Å². The first-order valence-electron chi connectivity index (χ1n) is 7.53. The van der Waals surface area contributed by atoms with E-state index in [-0.39, 0.29) is 5.92 Å². The number of rotatable bonds is 6. The summed E-state index contributed by atoms with van der Waals surface area (Å²) < 4.78 is 7.04. The summed E-state index contributed by atoms with van der Waals surface area (Å²) in [6, 6.07) is 7.73. The molecule has 1 N–H and O–H groups in total. The lowest BCUT2D eigenvalue weighted by Gasteiger charge is -2.10. The maximum absolute atomic E-state index is 10.5. The van der Waals surface area contributed by atoms with Gasteiger partial charge >= 0.3 is 0 Å². The summed E-state index contributed by atoms with van der Waals surface area (Å²) in [5.41, 5.74) is 2.60. The van der Waals surface area contributed by atoms with Gasteiger partial charge in [-0.1, -0.05) is 27.2 Å². The first-order chi connectivity index (χ1) is 10.1. The molecule has 0 amide bonds. The molecule has 21 heavy (non-hydrogen) atoms. The van der Waals surface area contributed by atoms with Gasteiger partial charge in [0.15, 0.2) is 5.75 Å². The van der Waals surface area contributed by atoms with Crippen LogP contribution in [0.2, 0.25) is 0 Å². The molecule has 0 unspecified atom stereocenters. The second-order valence-electron chi connectivity index (χ2n) is 5.55. The Hall–Kier alpha value is -1.97. The number of ether oxygens (including phenoxy) is 1. The van der Waals surface area contributed by atoms with Crippen molar-refractivity contribution < 1.29 is 9.84 Å². The molecule has 0 aliphatic carbocycles. The van der Waals surface area contributed by atoms with Crippen LogP contribution in [-0.4, -0.2) is 22.0 Å². The SMILES string of the molecule is CCCCc1nn(-c2ccc(OC)cc2)c(C(C)C)c1O. The number of aromatic nitrogens is 2. The average Bonchev–Trinajstić information content (AvgIpc) is 2.82. The molecule has 2 rings (SSSR count). The van der Waals surface area contributed by atoms with Crippen molar-refractivity contribution in [3.05, 3.63) is 35.7 Å². The van der Waals surface area contributed by atoms with Crippen LogP contribution in [0.1, 0.15) is 50.9 Å². The third-order valence-corrected chi connectivity index (χ3v) is 3.60. The zero-order valence-electron chi connectivity index (χ0n) is 13.3. The first kappa shape index (κ1) is 15.4. The molecule has 1 heterocycles. The van der Waals surface area contributed by atoms with Gasteiger partial charge in [0.25, 0.3) is 0 Å². The topological polar surface area (TPSA) is 47.3 Å². The van der Waals surface area contributed by atoms with Crippen molar-refractivity contribution >= 4 is 0 Å². The van der Waals surface area contributed by atoms with E-state index >= 15 is 0 Å². The van der Waals surface area contributed by atoms with Gasteiger partial charge in [-0.05, 0) is 43.0 Å². The van der Waals surface area contributed by atoms with Gasteiger partial charge in [-0.3, -0.25) is 0 Å². The van der Waals surface area contributed by atoms with Crippen LogP contribution in [0.3, 0.4) is 0 Å². The van der Waals surface area contributed by atoms with E-state index < -0.39 is 0 Å². The van der Waals surface area contributed by atoms with E-state index in [1.54, 1.807) is 7.11 Å². The molecule has 0 fully saturated rings. The molecule has 0 bridgehead atoms. The number of benzene rings is 1. The van der Waals surface area contributed by atoms with Crippen molar-refractivity contribution in [2.75, 3.05) is 7.11 Å². The van der Waals surface area contributed by atoms with Gasteiger partial charge in [0.05, 0.1) is 18.5 Å². The minimum atomic E-state index is 0.204. The van der Waals surface area contributed by atoms with Crippen molar-refractivity contribution in [2.45, 2.75) is 46.0 Å². The molecule has 4 heteroatoms. The van der Waals surface area contributed by atoms with E-state index in [9.17, 15) is 5.11 Å². The standard InChI is InChI=1S/C17H24N2O2/c1-5-6-7-15-17(20)16(12(2)3)19(18-15)13-8-10-14(21-4)11-9-13/h8-12,20H,5-7H2,1-4H3. The van der Waals surface area contributed by atoms with Gasteiger partial charge in [0, 0.05) is 0 Å². The lowest BCUT2D eigenvalue weighted by atomic mass is 10.1. The fourth-order valence-electron chi connectivity index (χ4n) is 2.42. The zero-order valence-corrected chi connectivity index (χ0v) is 13.3. The molecule has 0 aliphatic heterocycles. The van der Waals surface area contributed by atoms with Crippen LogP contribution in [-0.2, 0) is 6.42 Å². The highest BCUT2D eigenvalue weighted by atomic mass is 16.5. The lowest BCUT2D eigenvalue weighted by Crippen LogP contribution is -2.04. The fraction of sp³-hybridized carbons (Fsp3) is 0.471. The van der Waals surface area contributed by atoms with Crippen LogP contribution < -0.4 is 4.74 Å². The number of methoxy groups -OCH3 is 1. The number of aryl methyl sites for hydroxylation is 1. The Bertz CT molecular complexity index is 586. The summed E-state index contributed by atoms with van der Waals surface area (Å²) >= 11 is 0. The Kier molecular flexibility index (Phi) is 4.89. The van der Waals surface area contributed by atoms with Crippen molar-refractivity contribution in [2.24, 2.45) is 0 Å². The number of hydrogen-bond donors (Lipinski definition) is 1. The molecule has 1 aromatic heterocycles. The largest absolute Gasteiger partial charge is 0.504 e. The summed E-state index contributed by atoms with van der Waals surface area (Å²) in [5, 5.41) is 15.1. The number of nitrogens with zero attached hydrogens (tertiary/aromatic N) is 2. The van der Waals surface area contributed by atoms with E-state index in [1.807, 2.05) is 28.9 Å². The molecular formula is C17H24N2O2. The third-order valence-electron chi connectivity index (χ3n) is 3.60. The van der Waals surface area contributed by atoms with Crippen molar-refractivity contribution in [3.8, 4) is 17.2 Å². The Morgan fingerprint density at radius 1 is 1.24 bits per heavy atom. The molecule has 0 saturated carbocycles. The highest BCUT2D eigenvalue weighted by Crippen LogP contribution is 2.32. The predicted octanol–water partition coefficient (Wildman–Crippen LogP) is 4.05. The van der Waals surface area contributed by atoms with Crippen LogP contribution in [0.15, 0.2) is 24.3 Å². The van der Waals surface area contributed by atoms with Crippen LogP contribution in [0.5, 0.6) is 11.5 Å². The van der Waals surface area contributed by atoms with Gasteiger partial charge in [0.2, 0.25) is 0 Å². The van der Waals surface area contributed by atoms with E-state index in [1.165, 1.54) is 0 Å². The summed E-state index contributed by atoms with van der Waals surface area (Å²) in [7, 11) is 1.65. The predicted molar refractivity (Wildman–Crippen MR) is 84.5 cm³/mol. The zero-order chi connectivity index (χ0) is 15.4. The number of hydrogen-bond acceptors (Lipinski definition) is 3. The summed E-state index contributed by atoms with van der Waals surface area (Å²) in [6.45, 7) is 6.28. The van der Waals surface area contributed by atoms with Gasteiger partial charge in [-0.15, -0.1) is 0 Å². The van der Waals surface area contributed by atoms with Crippen LogP contribution in [0.4, 0.5) is 0 Å². The average molecular weight is 288 g/mol. The van der Waals surface area contributed by atoms with E-state index in [4.69, 9.17) is 4.74 Å². The van der Waals surface area contributed by atoms with Gasteiger partial charge in [-0.2, -0.15) is 5.10 Å². The fourth-order valence-corrected chi connectivity index (χ4v) is 2.42. The monoisotopic (exact) mass is 288 g/mol. The second kappa shape index (κ2) is 6.66. The maximum atomic E-state index is 10.5. The summed E-state index contributed by atoms with van der Waals surface area (Å²) in [4.78, 5) is 0. The molecule has 0 saturated heterocycles. The molecule has 0 radical (unpaired) electrons. The number of aromatic hydroxyl groups is 1. The molecule has 0 aliphatic rings. The lowest BCUT2D eigenvalue weighted by molar-refractivity contribution is 0.414. The smallest absolute Gasteiger partial charge is 0.160 e. The van der Waals surface area contributed by atoms with Crippen molar-refractivity contribution in [3.63, 3.8) is 0 Å². The second-order valence-corrected chi connectivity index (χ2v) is 5.55. The van der Waals surface area contributed by atoms with E-state index in [2.05, 4.69) is 25.9 Å².